The van der Waals surface area contributed by atoms with Crippen LogP contribution in [-0.2, 0) is 4.79 Å². The molecule has 0 atom stereocenters. The molecule has 0 saturated heterocycles. The summed E-state index contributed by atoms with van der Waals surface area (Å²) in [7, 11) is 0. The van der Waals surface area contributed by atoms with Gasteiger partial charge < -0.3 is 9.52 Å². The SMILES string of the molecule is O=C(O)/C=C/c1cc(Cl)c(Cl)o1. The van der Waals surface area contributed by atoms with Crippen molar-refractivity contribution in [2.75, 3.05) is 0 Å². The minimum atomic E-state index is -1.06. The highest BCUT2D eigenvalue weighted by Crippen LogP contribution is 2.26. The van der Waals surface area contributed by atoms with Crippen molar-refractivity contribution >= 4 is 35.2 Å². The lowest BCUT2D eigenvalue weighted by atomic mass is 10.4. The molecule has 3 nitrogen and oxygen atoms in total. The van der Waals surface area contributed by atoms with Gasteiger partial charge in [0.2, 0.25) is 5.22 Å². The van der Waals surface area contributed by atoms with Gasteiger partial charge in [0.15, 0.2) is 0 Å². The Kier molecular flexibility index (Phi) is 2.78. The van der Waals surface area contributed by atoms with Crippen LogP contribution in [0.15, 0.2) is 16.6 Å². The van der Waals surface area contributed by atoms with Gasteiger partial charge in [0, 0.05) is 12.1 Å². The normalized spacial score (nSPS) is 10.8. The molecule has 0 fully saturated rings. The largest absolute Gasteiger partial charge is 0.478 e. The summed E-state index contributed by atoms with van der Waals surface area (Å²) in [5.74, 6) is -0.744. The van der Waals surface area contributed by atoms with E-state index < -0.39 is 5.97 Å². The van der Waals surface area contributed by atoms with Crippen LogP contribution in [-0.4, -0.2) is 11.1 Å². The minimum absolute atomic E-state index is 0.0571. The van der Waals surface area contributed by atoms with Gasteiger partial charge >= 0.3 is 5.97 Å². The van der Waals surface area contributed by atoms with E-state index in [1.54, 1.807) is 0 Å². The van der Waals surface area contributed by atoms with E-state index in [2.05, 4.69) is 0 Å². The molecule has 1 heterocycles. The molecule has 0 aliphatic carbocycles. The molecule has 0 aromatic carbocycles. The van der Waals surface area contributed by atoms with E-state index in [4.69, 9.17) is 32.7 Å². The van der Waals surface area contributed by atoms with Crippen LogP contribution < -0.4 is 0 Å². The Hall–Kier alpha value is -0.930. The number of halogens is 2. The number of aliphatic carboxylic acids is 1. The lowest BCUT2D eigenvalue weighted by Gasteiger charge is -1.80. The summed E-state index contributed by atoms with van der Waals surface area (Å²) in [6, 6.07) is 1.43. The van der Waals surface area contributed by atoms with E-state index >= 15 is 0 Å². The quantitative estimate of drug-likeness (QED) is 0.758. The van der Waals surface area contributed by atoms with Gasteiger partial charge in [-0.25, -0.2) is 4.79 Å². The molecule has 64 valence electrons. The molecule has 0 aliphatic rings. The van der Waals surface area contributed by atoms with Gasteiger partial charge in [0.1, 0.15) is 5.76 Å². The van der Waals surface area contributed by atoms with Gasteiger partial charge in [0.05, 0.1) is 5.02 Å². The number of furan rings is 1. The van der Waals surface area contributed by atoms with Gasteiger partial charge in [-0.2, -0.15) is 0 Å². The minimum Gasteiger partial charge on any atom is -0.478 e. The summed E-state index contributed by atoms with van der Waals surface area (Å²) in [4.78, 5) is 10.1. The van der Waals surface area contributed by atoms with Gasteiger partial charge in [-0.1, -0.05) is 11.6 Å². The van der Waals surface area contributed by atoms with Crippen molar-refractivity contribution in [1.82, 2.24) is 0 Å². The monoisotopic (exact) mass is 206 g/mol. The topological polar surface area (TPSA) is 50.4 Å². The molecule has 12 heavy (non-hydrogen) atoms. The van der Waals surface area contributed by atoms with Crippen molar-refractivity contribution in [2.24, 2.45) is 0 Å². The number of hydrogen-bond acceptors (Lipinski definition) is 2. The average molecular weight is 207 g/mol. The molecule has 1 aromatic rings. The molecule has 0 radical (unpaired) electrons. The first-order valence-corrected chi connectivity index (χ1v) is 3.71. The number of carbonyl (C=O) groups is 1. The van der Waals surface area contributed by atoms with E-state index in [0.717, 1.165) is 6.08 Å². The maximum atomic E-state index is 10.1. The Bertz CT molecular complexity index is 308. The number of carboxylic acid groups (broad SMARTS) is 1. The van der Waals surface area contributed by atoms with Crippen molar-refractivity contribution in [3.63, 3.8) is 0 Å². The van der Waals surface area contributed by atoms with E-state index in [1.165, 1.54) is 12.1 Å². The second-order valence-electron chi connectivity index (χ2n) is 1.94. The number of carboxylic acids is 1. The van der Waals surface area contributed by atoms with Gasteiger partial charge in [-0.05, 0) is 17.7 Å². The Morgan fingerprint density at radius 2 is 2.25 bits per heavy atom. The van der Waals surface area contributed by atoms with Crippen molar-refractivity contribution in [3.8, 4) is 0 Å². The summed E-state index contributed by atoms with van der Waals surface area (Å²) >= 11 is 11.0. The second-order valence-corrected chi connectivity index (χ2v) is 2.69. The third-order valence-corrected chi connectivity index (χ3v) is 1.71. The smallest absolute Gasteiger partial charge is 0.328 e. The molecule has 0 amide bonds. The predicted molar refractivity (Wildman–Crippen MR) is 45.4 cm³/mol. The number of rotatable bonds is 2. The summed E-state index contributed by atoms with van der Waals surface area (Å²) in [6.45, 7) is 0. The lowest BCUT2D eigenvalue weighted by molar-refractivity contribution is -0.131. The molecule has 0 bridgehead atoms. The van der Waals surface area contributed by atoms with Crippen LogP contribution in [0.25, 0.3) is 6.08 Å². The van der Waals surface area contributed by atoms with Gasteiger partial charge in [-0.15, -0.1) is 0 Å². The molecule has 1 rings (SSSR count). The van der Waals surface area contributed by atoms with Crippen LogP contribution in [0.5, 0.6) is 0 Å². The Labute approximate surface area is 78.2 Å². The van der Waals surface area contributed by atoms with E-state index in [1.807, 2.05) is 0 Å². The summed E-state index contributed by atoms with van der Waals surface area (Å²) in [5.41, 5.74) is 0. The Balaban J connectivity index is 2.83. The molecule has 1 aromatic heterocycles. The van der Waals surface area contributed by atoms with Crippen molar-refractivity contribution in [3.05, 3.63) is 28.1 Å². The highest BCUT2D eigenvalue weighted by atomic mass is 35.5. The zero-order chi connectivity index (χ0) is 9.14. The van der Waals surface area contributed by atoms with E-state index in [9.17, 15) is 4.79 Å². The Morgan fingerprint density at radius 3 is 2.67 bits per heavy atom. The first-order valence-electron chi connectivity index (χ1n) is 2.95. The van der Waals surface area contributed by atoms with Crippen LogP contribution in [0.4, 0.5) is 0 Å². The third-order valence-electron chi connectivity index (χ3n) is 1.05. The van der Waals surface area contributed by atoms with Crippen LogP contribution >= 0.6 is 23.2 Å². The molecular formula is C7H4Cl2O3. The summed E-state index contributed by atoms with van der Waals surface area (Å²) < 4.78 is 4.85. The zero-order valence-corrected chi connectivity index (χ0v) is 7.26. The fourth-order valence-electron chi connectivity index (χ4n) is 0.599. The summed E-state index contributed by atoms with van der Waals surface area (Å²) in [5, 5.41) is 8.58. The molecule has 1 N–H and O–H groups in total. The van der Waals surface area contributed by atoms with Crippen molar-refractivity contribution in [2.45, 2.75) is 0 Å². The van der Waals surface area contributed by atoms with E-state index in [0.29, 0.717) is 5.76 Å². The van der Waals surface area contributed by atoms with E-state index in [-0.39, 0.29) is 10.2 Å². The average Bonchev–Trinajstić information content (AvgIpc) is 2.28. The maximum Gasteiger partial charge on any atom is 0.328 e. The third kappa shape index (κ3) is 2.29. The second kappa shape index (κ2) is 3.65. The van der Waals surface area contributed by atoms with Crippen molar-refractivity contribution in [1.29, 1.82) is 0 Å². The molecule has 0 saturated carbocycles. The highest BCUT2D eigenvalue weighted by Gasteiger charge is 2.03. The predicted octanol–water partition coefficient (Wildman–Crippen LogP) is 2.68. The van der Waals surface area contributed by atoms with Crippen LogP contribution in [0.3, 0.4) is 0 Å². The first kappa shape index (κ1) is 9.16. The van der Waals surface area contributed by atoms with Crippen LogP contribution in [0.1, 0.15) is 5.76 Å². The molecule has 0 aliphatic heterocycles. The molecule has 0 spiro atoms. The maximum absolute atomic E-state index is 10.1. The zero-order valence-electron chi connectivity index (χ0n) is 5.75. The molecule has 0 unspecified atom stereocenters. The molecule has 5 heteroatoms. The molecular weight excluding hydrogens is 203 g/mol. The van der Waals surface area contributed by atoms with Gasteiger partial charge in [-0.3, -0.25) is 0 Å². The first-order chi connectivity index (χ1) is 5.59. The van der Waals surface area contributed by atoms with Crippen molar-refractivity contribution < 1.29 is 14.3 Å². The summed E-state index contributed by atoms with van der Waals surface area (Å²) in [6.07, 6.45) is 2.20. The van der Waals surface area contributed by atoms with Gasteiger partial charge in [0.25, 0.3) is 0 Å². The van der Waals surface area contributed by atoms with Crippen LogP contribution in [0, 0.1) is 0 Å². The standard InChI is InChI=1S/C7H4Cl2O3/c8-5-3-4(12-7(5)9)1-2-6(10)11/h1-3H,(H,10,11)/b2-1+. The fourth-order valence-corrected chi connectivity index (χ4v) is 0.889. The highest BCUT2D eigenvalue weighted by molar-refractivity contribution is 6.41. The number of hydrogen-bond donors (Lipinski definition) is 1. The fraction of sp³-hybridized carbons (Fsp3) is 0. The lowest BCUT2D eigenvalue weighted by Crippen LogP contribution is -1.84. The van der Waals surface area contributed by atoms with Crippen LogP contribution in [0.2, 0.25) is 10.2 Å². The Morgan fingerprint density at radius 1 is 1.58 bits per heavy atom.